The van der Waals surface area contributed by atoms with Gasteiger partial charge in [0.05, 0.1) is 13.3 Å². The zero-order chi connectivity index (χ0) is 8.27. The molecule has 1 aromatic heterocycles. The second-order valence-electron chi connectivity index (χ2n) is 2.16. The van der Waals surface area contributed by atoms with Crippen molar-refractivity contribution in [1.82, 2.24) is 4.98 Å². The topological polar surface area (TPSA) is 22.1 Å². The summed E-state index contributed by atoms with van der Waals surface area (Å²) in [5, 5.41) is 0. The van der Waals surface area contributed by atoms with Gasteiger partial charge in [-0.15, -0.1) is 0 Å². The van der Waals surface area contributed by atoms with Crippen LogP contribution >= 0.6 is 0 Å². The lowest BCUT2D eigenvalue weighted by Crippen LogP contribution is -1.93. The van der Waals surface area contributed by atoms with E-state index in [2.05, 4.69) is 4.98 Å². The molecule has 0 aliphatic rings. The lowest BCUT2D eigenvalue weighted by atomic mass is 10.3. The number of aryl methyl sites for hydroxylation is 1. The highest BCUT2D eigenvalue weighted by Gasteiger charge is 2.02. The van der Waals surface area contributed by atoms with Crippen molar-refractivity contribution in [3.05, 3.63) is 23.8 Å². The van der Waals surface area contributed by atoms with Crippen LogP contribution in [0.4, 0.5) is 4.39 Å². The molecule has 0 saturated carbocycles. The second-order valence-corrected chi connectivity index (χ2v) is 2.16. The molecule has 1 heterocycles. The van der Waals surface area contributed by atoms with E-state index in [9.17, 15) is 4.39 Å². The van der Waals surface area contributed by atoms with E-state index in [0.29, 0.717) is 0 Å². The van der Waals surface area contributed by atoms with E-state index in [1.807, 2.05) is 6.92 Å². The highest BCUT2D eigenvalue weighted by molar-refractivity contribution is 5.24. The molecule has 0 unspecified atom stereocenters. The number of methoxy groups -OCH3 is 1. The van der Waals surface area contributed by atoms with Crippen molar-refractivity contribution < 1.29 is 9.13 Å². The Morgan fingerprint density at radius 1 is 1.64 bits per heavy atom. The Bertz CT molecular complexity index is 250. The minimum absolute atomic E-state index is 0.261. The van der Waals surface area contributed by atoms with Crippen LogP contribution in [-0.2, 0) is 6.42 Å². The molecule has 0 spiro atoms. The van der Waals surface area contributed by atoms with E-state index in [1.165, 1.54) is 13.3 Å². The Hall–Kier alpha value is -1.12. The number of hydrogen-bond donors (Lipinski definition) is 0. The third kappa shape index (κ3) is 1.67. The van der Waals surface area contributed by atoms with E-state index >= 15 is 0 Å². The van der Waals surface area contributed by atoms with Crippen LogP contribution in [0.1, 0.15) is 12.6 Å². The summed E-state index contributed by atoms with van der Waals surface area (Å²) in [4.78, 5) is 3.85. The van der Waals surface area contributed by atoms with Gasteiger partial charge in [0.1, 0.15) is 0 Å². The Morgan fingerprint density at radius 3 is 2.91 bits per heavy atom. The molecule has 1 rings (SSSR count). The first-order chi connectivity index (χ1) is 5.27. The second kappa shape index (κ2) is 3.32. The van der Waals surface area contributed by atoms with Crippen LogP contribution in [-0.4, -0.2) is 12.1 Å². The van der Waals surface area contributed by atoms with Crippen LogP contribution < -0.4 is 4.74 Å². The lowest BCUT2D eigenvalue weighted by molar-refractivity contribution is 0.384. The molecule has 3 heteroatoms. The molecule has 0 amide bonds. The number of aromatic nitrogens is 1. The van der Waals surface area contributed by atoms with Gasteiger partial charge in [-0.25, -0.2) is 4.39 Å². The molecule has 0 fully saturated rings. The van der Waals surface area contributed by atoms with Crippen molar-refractivity contribution in [1.29, 1.82) is 0 Å². The predicted molar refractivity (Wildman–Crippen MR) is 40.1 cm³/mol. The Morgan fingerprint density at radius 2 is 2.36 bits per heavy atom. The molecule has 0 aliphatic carbocycles. The van der Waals surface area contributed by atoms with E-state index in [1.54, 1.807) is 6.07 Å². The molecule has 0 N–H and O–H groups in total. The first-order valence-electron chi connectivity index (χ1n) is 3.46. The predicted octanol–water partition coefficient (Wildman–Crippen LogP) is 1.79. The standard InChI is InChI=1S/C8H10FNO/c1-3-6-4-8(11-2)7(9)5-10-6/h4-5H,3H2,1-2H3. The Balaban J connectivity index is 3.02. The minimum Gasteiger partial charge on any atom is -0.494 e. The summed E-state index contributed by atoms with van der Waals surface area (Å²) in [6.45, 7) is 1.96. The molecule has 0 radical (unpaired) electrons. The maximum Gasteiger partial charge on any atom is 0.183 e. The molecule has 0 bridgehead atoms. The monoisotopic (exact) mass is 155 g/mol. The summed E-state index contributed by atoms with van der Waals surface area (Å²) >= 11 is 0. The third-order valence-corrected chi connectivity index (χ3v) is 1.46. The van der Waals surface area contributed by atoms with Gasteiger partial charge < -0.3 is 4.74 Å². The van der Waals surface area contributed by atoms with Gasteiger partial charge in [0.2, 0.25) is 0 Å². The largest absolute Gasteiger partial charge is 0.494 e. The number of ether oxygens (including phenoxy) is 1. The third-order valence-electron chi connectivity index (χ3n) is 1.46. The van der Waals surface area contributed by atoms with E-state index < -0.39 is 5.82 Å². The molecule has 0 aromatic carbocycles. The number of rotatable bonds is 2. The fourth-order valence-corrected chi connectivity index (χ4v) is 0.811. The summed E-state index contributed by atoms with van der Waals surface area (Å²) in [5.74, 6) is -0.151. The molecule has 0 saturated heterocycles. The molecule has 11 heavy (non-hydrogen) atoms. The van der Waals surface area contributed by atoms with Crippen molar-refractivity contribution in [2.24, 2.45) is 0 Å². The van der Waals surface area contributed by atoms with Crippen LogP contribution in [0.2, 0.25) is 0 Å². The number of hydrogen-bond acceptors (Lipinski definition) is 2. The summed E-state index contributed by atoms with van der Waals surface area (Å²) in [7, 11) is 1.44. The highest BCUT2D eigenvalue weighted by atomic mass is 19.1. The first-order valence-corrected chi connectivity index (χ1v) is 3.46. The van der Waals surface area contributed by atoms with Gasteiger partial charge in [-0.05, 0) is 6.42 Å². The van der Waals surface area contributed by atoms with Crippen molar-refractivity contribution in [2.45, 2.75) is 13.3 Å². The summed E-state index contributed by atoms with van der Waals surface area (Å²) in [5.41, 5.74) is 0.836. The normalized spacial score (nSPS) is 9.73. The van der Waals surface area contributed by atoms with Gasteiger partial charge in [0, 0.05) is 11.8 Å². The van der Waals surface area contributed by atoms with E-state index in [4.69, 9.17) is 4.74 Å². The van der Waals surface area contributed by atoms with Crippen LogP contribution in [0, 0.1) is 5.82 Å². The van der Waals surface area contributed by atoms with Crippen LogP contribution in [0.15, 0.2) is 12.3 Å². The minimum atomic E-state index is -0.412. The number of nitrogens with zero attached hydrogens (tertiary/aromatic N) is 1. The van der Waals surface area contributed by atoms with Gasteiger partial charge in [-0.3, -0.25) is 4.98 Å². The van der Waals surface area contributed by atoms with Crippen molar-refractivity contribution in [3.63, 3.8) is 0 Å². The van der Waals surface area contributed by atoms with Crippen LogP contribution in [0.3, 0.4) is 0 Å². The van der Waals surface area contributed by atoms with Crippen LogP contribution in [0.25, 0.3) is 0 Å². The van der Waals surface area contributed by atoms with Gasteiger partial charge in [0.15, 0.2) is 11.6 Å². The maximum absolute atomic E-state index is 12.7. The molecule has 1 aromatic rings. The Labute approximate surface area is 65.0 Å². The molecule has 2 nitrogen and oxygen atoms in total. The molecule has 0 aliphatic heterocycles. The van der Waals surface area contributed by atoms with Gasteiger partial charge in [0.25, 0.3) is 0 Å². The van der Waals surface area contributed by atoms with Crippen molar-refractivity contribution in [2.75, 3.05) is 7.11 Å². The van der Waals surface area contributed by atoms with Gasteiger partial charge in [-0.2, -0.15) is 0 Å². The zero-order valence-electron chi connectivity index (χ0n) is 6.60. The van der Waals surface area contributed by atoms with Crippen LogP contribution in [0.5, 0.6) is 5.75 Å². The van der Waals surface area contributed by atoms with Crippen molar-refractivity contribution >= 4 is 0 Å². The summed E-state index contributed by atoms with van der Waals surface area (Å²) in [6, 6.07) is 1.61. The van der Waals surface area contributed by atoms with Gasteiger partial charge in [-0.1, -0.05) is 6.92 Å². The van der Waals surface area contributed by atoms with E-state index in [-0.39, 0.29) is 5.75 Å². The zero-order valence-corrected chi connectivity index (χ0v) is 6.60. The number of pyridine rings is 1. The molecular weight excluding hydrogens is 145 g/mol. The quantitative estimate of drug-likeness (QED) is 0.649. The molecular formula is C8H10FNO. The van der Waals surface area contributed by atoms with E-state index in [0.717, 1.165) is 12.1 Å². The first kappa shape index (κ1) is 7.98. The average Bonchev–Trinajstić information content (AvgIpc) is 2.05. The SMILES string of the molecule is CCc1cc(OC)c(F)cn1. The Kier molecular flexibility index (Phi) is 2.41. The van der Waals surface area contributed by atoms with Gasteiger partial charge >= 0.3 is 0 Å². The highest BCUT2D eigenvalue weighted by Crippen LogP contribution is 2.15. The fraction of sp³-hybridized carbons (Fsp3) is 0.375. The maximum atomic E-state index is 12.7. The van der Waals surface area contributed by atoms with Crippen molar-refractivity contribution in [3.8, 4) is 5.75 Å². The average molecular weight is 155 g/mol. The smallest absolute Gasteiger partial charge is 0.183 e. The summed E-state index contributed by atoms with van der Waals surface area (Å²) < 4.78 is 17.5. The summed E-state index contributed by atoms with van der Waals surface area (Å²) in [6.07, 6.45) is 1.97. The number of halogens is 1. The lowest BCUT2D eigenvalue weighted by Gasteiger charge is -2.01. The molecule has 60 valence electrons. The fourth-order valence-electron chi connectivity index (χ4n) is 0.811. The molecule has 0 atom stereocenters.